The molecule has 0 bridgehead atoms. The molecule has 0 saturated heterocycles. The molecular weight excluding hydrogens is 811 g/mol. The van der Waals surface area contributed by atoms with Crippen LogP contribution in [0.1, 0.15) is 81.5 Å². The minimum absolute atomic E-state index is 0.00261. The number of benzene rings is 2. The highest BCUT2D eigenvalue weighted by atomic mass is 16.4. The van der Waals surface area contributed by atoms with E-state index in [4.69, 9.17) is 5.11 Å². The van der Waals surface area contributed by atoms with E-state index in [1.165, 1.54) is 18.2 Å². The lowest BCUT2D eigenvalue weighted by atomic mass is 9.77. The SMILES string of the molecule is C=CCC(NC(=O)[C@H](CC(C)C)NC(=O)[C@@H](NC(=O)[C@H](Cc1ccccc1C)NC(=O)[C@H](CCC(=O)O)NC(=O)[C@H](CC(=O)O)NC(=O)CCC(=O)O)c1ccccc1)B(O)O. The molecule has 0 aliphatic carbocycles. The van der Waals surface area contributed by atoms with E-state index in [0.717, 1.165) is 0 Å². The standard InChI is InChI=1S/C41H55BN6O14/c1-5-11-31(42(61)62)47-39(58)28(20-23(2)3)46-41(60)36(25-13-7-6-8-14-25)48-40(59)29(21-26-15-10-9-12-24(26)4)45-37(56)27(16-18-33(50)51)44-38(57)30(22-35(54)55)43-32(49)17-19-34(52)53/h5-10,12-15,23,27-31,36,61-62H,1,11,16-22H2,2-4H3,(H,43,49)(H,44,57)(H,45,56)(H,46,60)(H,47,58)(H,48,59)(H,50,51)(H,52,53)(H,54,55)/t27-,28-,29-,30-,31?,36-/m0/s1. The molecule has 336 valence electrons. The smallest absolute Gasteiger partial charge is 0.475 e. The fourth-order valence-corrected chi connectivity index (χ4v) is 6.09. The van der Waals surface area contributed by atoms with Gasteiger partial charge in [-0.2, -0.15) is 0 Å². The van der Waals surface area contributed by atoms with E-state index in [1.807, 2.05) is 0 Å². The van der Waals surface area contributed by atoms with Gasteiger partial charge in [-0.15, -0.1) is 6.58 Å². The number of carboxylic acids is 3. The fourth-order valence-electron chi connectivity index (χ4n) is 6.09. The minimum atomic E-state index is -1.94. The monoisotopic (exact) mass is 866 g/mol. The van der Waals surface area contributed by atoms with Crippen LogP contribution in [0.25, 0.3) is 0 Å². The van der Waals surface area contributed by atoms with E-state index in [0.29, 0.717) is 11.1 Å². The number of carbonyl (C=O) groups is 9. The van der Waals surface area contributed by atoms with Crippen molar-refractivity contribution in [1.29, 1.82) is 0 Å². The van der Waals surface area contributed by atoms with Gasteiger partial charge in [0.05, 0.1) is 18.8 Å². The van der Waals surface area contributed by atoms with Crippen molar-refractivity contribution in [1.82, 2.24) is 31.9 Å². The van der Waals surface area contributed by atoms with Gasteiger partial charge >= 0.3 is 25.0 Å². The van der Waals surface area contributed by atoms with Crippen molar-refractivity contribution in [3.63, 3.8) is 0 Å². The van der Waals surface area contributed by atoms with E-state index >= 15 is 0 Å². The van der Waals surface area contributed by atoms with Crippen LogP contribution in [-0.2, 0) is 49.6 Å². The van der Waals surface area contributed by atoms with Crippen LogP contribution in [0.3, 0.4) is 0 Å². The quantitative estimate of drug-likeness (QED) is 0.0405. The van der Waals surface area contributed by atoms with Gasteiger partial charge in [-0.25, -0.2) is 0 Å². The van der Waals surface area contributed by atoms with Crippen LogP contribution < -0.4 is 31.9 Å². The Morgan fingerprint density at radius 1 is 0.629 bits per heavy atom. The van der Waals surface area contributed by atoms with E-state index < -0.39 is 129 Å². The molecule has 0 heterocycles. The number of hydrogen-bond donors (Lipinski definition) is 11. The Hall–Kier alpha value is -6.61. The minimum Gasteiger partial charge on any atom is -0.481 e. The number of hydrogen-bond acceptors (Lipinski definition) is 11. The summed E-state index contributed by atoms with van der Waals surface area (Å²) >= 11 is 0. The zero-order chi connectivity index (χ0) is 46.5. The fraction of sp³-hybridized carbons (Fsp3) is 0.439. The van der Waals surface area contributed by atoms with Gasteiger partial charge in [0, 0.05) is 19.3 Å². The van der Waals surface area contributed by atoms with Crippen LogP contribution in [-0.4, -0.2) is 116 Å². The molecule has 2 aromatic carbocycles. The molecule has 0 fully saturated rings. The molecule has 6 atom stereocenters. The first kappa shape index (κ1) is 51.5. The predicted molar refractivity (Wildman–Crippen MR) is 222 cm³/mol. The van der Waals surface area contributed by atoms with Crippen LogP contribution in [0.2, 0.25) is 0 Å². The van der Waals surface area contributed by atoms with Crippen molar-refractivity contribution in [3.8, 4) is 0 Å². The van der Waals surface area contributed by atoms with Gasteiger partial charge in [0.2, 0.25) is 35.4 Å². The summed E-state index contributed by atoms with van der Waals surface area (Å²) in [5, 5.41) is 62.0. The molecule has 0 saturated carbocycles. The Bertz CT molecular complexity index is 1910. The zero-order valence-electron chi connectivity index (χ0n) is 34.7. The summed E-state index contributed by atoms with van der Waals surface area (Å²) in [6.07, 6.45) is -2.19. The average Bonchev–Trinajstić information content (AvgIpc) is 3.20. The number of carbonyl (C=O) groups excluding carboxylic acids is 6. The number of nitrogens with one attached hydrogen (secondary N) is 6. The summed E-state index contributed by atoms with van der Waals surface area (Å²) in [6, 6.07) is 6.99. The second-order valence-electron chi connectivity index (χ2n) is 14.9. The Labute approximate surface area is 358 Å². The highest BCUT2D eigenvalue weighted by Gasteiger charge is 2.35. The first-order chi connectivity index (χ1) is 29.2. The Balaban J connectivity index is 2.53. The van der Waals surface area contributed by atoms with Gasteiger partial charge in [0.25, 0.3) is 0 Å². The van der Waals surface area contributed by atoms with Crippen LogP contribution in [0.4, 0.5) is 0 Å². The Morgan fingerprint density at radius 2 is 1.18 bits per heavy atom. The van der Waals surface area contributed by atoms with E-state index in [9.17, 15) is 63.4 Å². The second-order valence-corrected chi connectivity index (χ2v) is 14.9. The highest BCUT2D eigenvalue weighted by Crippen LogP contribution is 2.17. The summed E-state index contributed by atoms with van der Waals surface area (Å²) in [5.41, 5.74) is 1.53. The van der Waals surface area contributed by atoms with Crippen molar-refractivity contribution >= 4 is 60.5 Å². The molecule has 2 rings (SSSR count). The summed E-state index contributed by atoms with van der Waals surface area (Å²) < 4.78 is 0. The topological polar surface area (TPSA) is 327 Å². The molecule has 6 amide bonds. The molecule has 0 aromatic heterocycles. The van der Waals surface area contributed by atoms with Crippen molar-refractivity contribution in [2.75, 3.05) is 0 Å². The number of aliphatic carboxylic acids is 3. The van der Waals surface area contributed by atoms with Gasteiger partial charge in [0.1, 0.15) is 30.2 Å². The third-order valence-electron chi connectivity index (χ3n) is 9.32. The van der Waals surface area contributed by atoms with E-state index in [2.05, 4.69) is 38.5 Å². The molecule has 1 unspecified atom stereocenters. The lowest BCUT2D eigenvalue weighted by Crippen LogP contribution is -2.58. The summed E-state index contributed by atoms with van der Waals surface area (Å²) in [7, 11) is -1.94. The average molecular weight is 867 g/mol. The summed E-state index contributed by atoms with van der Waals surface area (Å²) in [5.74, 6) is -11.3. The molecule has 21 heteroatoms. The number of rotatable bonds is 27. The molecule has 0 aliphatic rings. The summed E-state index contributed by atoms with van der Waals surface area (Å²) in [4.78, 5) is 116. The Kier molecular flexibility index (Phi) is 21.5. The molecular formula is C41H55BN6O14. The van der Waals surface area contributed by atoms with Gasteiger partial charge in [0.15, 0.2) is 0 Å². The van der Waals surface area contributed by atoms with Gasteiger partial charge < -0.3 is 57.3 Å². The normalized spacial score (nSPS) is 13.7. The third-order valence-corrected chi connectivity index (χ3v) is 9.32. The lowest BCUT2D eigenvalue weighted by molar-refractivity contribution is -0.142. The van der Waals surface area contributed by atoms with Crippen molar-refractivity contribution in [3.05, 3.63) is 83.9 Å². The van der Waals surface area contributed by atoms with Gasteiger partial charge in [-0.05, 0) is 48.8 Å². The summed E-state index contributed by atoms with van der Waals surface area (Å²) in [6.45, 7) is 8.88. The Morgan fingerprint density at radius 3 is 1.74 bits per heavy atom. The van der Waals surface area contributed by atoms with E-state index in [-0.39, 0.29) is 30.7 Å². The maximum atomic E-state index is 14.4. The number of aryl methyl sites for hydroxylation is 1. The molecule has 0 spiro atoms. The van der Waals surface area contributed by atoms with Crippen LogP contribution >= 0.6 is 0 Å². The van der Waals surface area contributed by atoms with E-state index in [1.54, 1.807) is 63.2 Å². The molecule has 11 N–H and O–H groups in total. The maximum absolute atomic E-state index is 14.4. The highest BCUT2D eigenvalue weighted by molar-refractivity contribution is 6.43. The third kappa shape index (κ3) is 18.3. The van der Waals surface area contributed by atoms with Crippen molar-refractivity contribution < 1.29 is 68.5 Å². The van der Waals surface area contributed by atoms with Gasteiger partial charge in [-0.1, -0.05) is 74.5 Å². The lowest BCUT2D eigenvalue weighted by Gasteiger charge is -2.28. The number of carboxylic acid groups (broad SMARTS) is 3. The van der Waals surface area contributed by atoms with Crippen molar-refractivity contribution in [2.24, 2.45) is 5.92 Å². The van der Waals surface area contributed by atoms with Crippen molar-refractivity contribution in [2.45, 2.75) is 108 Å². The molecule has 20 nitrogen and oxygen atoms in total. The van der Waals surface area contributed by atoms with Crippen LogP contribution in [0.5, 0.6) is 0 Å². The second kappa shape index (κ2) is 25.9. The number of amides is 6. The van der Waals surface area contributed by atoms with Crippen LogP contribution in [0, 0.1) is 12.8 Å². The maximum Gasteiger partial charge on any atom is 0.475 e. The van der Waals surface area contributed by atoms with Crippen LogP contribution in [0.15, 0.2) is 67.3 Å². The first-order valence-corrected chi connectivity index (χ1v) is 19.7. The zero-order valence-corrected chi connectivity index (χ0v) is 34.7. The largest absolute Gasteiger partial charge is 0.481 e. The molecule has 0 radical (unpaired) electrons. The molecule has 0 aliphatic heterocycles. The molecule has 62 heavy (non-hydrogen) atoms. The predicted octanol–water partition coefficient (Wildman–Crippen LogP) is -0.342. The molecule has 2 aromatic rings. The van der Waals surface area contributed by atoms with Gasteiger partial charge in [-0.3, -0.25) is 43.2 Å². The first-order valence-electron chi connectivity index (χ1n) is 19.7.